The minimum Gasteiger partial charge on any atom is -0.364 e. The van der Waals surface area contributed by atoms with Crippen molar-refractivity contribution in [2.24, 2.45) is 0 Å². The molecule has 4 heteroatoms. The third-order valence-electron chi connectivity index (χ3n) is 0.844. The molecule has 0 aromatic carbocycles. The Kier molecular flexibility index (Phi) is 4.19. The Labute approximate surface area is 64.1 Å². The average Bonchev–Trinajstić information content (AvgIpc) is 1.84. The highest BCUT2D eigenvalue weighted by Crippen LogP contribution is 2.10. The maximum Gasteiger partial charge on any atom is 0.154 e. The topological polar surface area (TPSA) is 26.3 Å². The molecule has 0 aliphatic carbocycles. The molecule has 0 saturated heterocycles. The van der Waals surface area contributed by atoms with Gasteiger partial charge in [-0.1, -0.05) is 11.6 Å². The molecular formula is C5H8Cl2O2. The number of Topliss-reactive ketones (excluding diaryl/α,β-unsaturated/α-hetero) is 1. The molecule has 0 aliphatic heterocycles. The summed E-state index contributed by atoms with van der Waals surface area (Å²) in [6.07, 6.45) is 0. The van der Waals surface area contributed by atoms with Crippen molar-refractivity contribution >= 4 is 29.0 Å². The second kappa shape index (κ2) is 4.09. The predicted octanol–water partition coefficient (Wildman–Crippen LogP) is 1.39. The van der Waals surface area contributed by atoms with E-state index in [-0.39, 0.29) is 5.78 Å². The van der Waals surface area contributed by atoms with Crippen molar-refractivity contribution in [3.8, 4) is 0 Å². The molecule has 0 amide bonds. The summed E-state index contributed by atoms with van der Waals surface area (Å²) >= 11 is 10.9. The van der Waals surface area contributed by atoms with Crippen LogP contribution in [0, 0.1) is 0 Å². The number of methoxy groups -OCH3 is 1. The predicted molar refractivity (Wildman–Crippen MR) is 37.0 cm³/mol. The van der Waals surface area contributed by atoms with Crippen LogP contribution in [0.2, 0.25) is 0 Å². The molecule has 0 spiro atoms. The molecule has 0 aromatic rings. The number of carbonyl (C=O) groups excluding carboxylic acids is 1. The molecule has 54 valence electrons. The third kappa shape index (κ3) is 3.04. The van der Waals surface area contributed by atoms with Gasteiger partial charge in [-0.3, -0.25) is 4.79 Å². The van der Waals surface area contributed by atoms with Gasteiger partial charge in [0.25, 0.3) is 0 Å². The SMILES string of the molecule is CO[C@@H](Cl)[C@H](Cl)C(C)=O. The van der Waals surface area contributed by atoms with Gasteiger partial charge in [-0.25, -0.2) is 0 Å². The Morgan fingerprint density at radius 2 is 2.00 bits per heavy atom. The van der Waals surface area contributed by atoms with E-state index in [2.05, 4.69) is 4.74 Å². The lowest BCUT2D eigenvalue weighted by molar-refractivity contribution is -0.117. The van der Waals surface area contributed by atoms with Gasteiger partial charge in [0.15, 0.2) is 11.3 Å². The van der Waals surface area contributed by atoms with Crippen molar-refractivity contribution < 1.29 is 9.53 Å². The van der Waals surface area contributed by atoms with Crippen LogP contribution in [-0.2, 0) is 9.53 Å². The molecule has 9 heavy (non-hydrogen) atoms. The zero-order chi connectivity index (χ0) is 7.44. The van der Waals surface area contributed by atoms with Gasteiger partial charge in [-0.05, 0) is 6.92 Å². The van der Waals surface area contributed by atoms with Crippen LogP contribution in [0.5, 0.6) is 0 Å². The molecular weight excluding hydrogens is 163 g/mol. The fourth-order valence-corrected chi connectivity index (χ4v) is 0.584. The van der Waals surface area contributed by atoms with E-state index < -0.39 is 10.9 Å². The maximum atomic E-state index is 10.4. The average molecular weight is 171 g/mol. The molecule has 0 heterocycles. The second-order valence-electron chi connectivity index (χ2n) is 1.60. The first-order valence-corrected chi connectivity index (χ1v) is 3.28. The zero-order valence-corrected chi connectivity index (χ0v) is 6.74. The Hall–Kier alpha value is 0.210. The number of ether oxygens (including phenoxy) is 1. The highest BCUT2D eigenvalue weighted by Gasteiger charge is 2.19. The van der Waals surface area contributed by atoms with E-state index in [0.717, 1.165) is 0 Å². The number of carbonyl (C=O) groups is 1. The molecule has 0 aliphatic rings. The molecule has 0 unspecified atom stereocenters. The summed E-state index contributed by atoms with van der Waals surface area (Å²) in [5.41, 5.74) is -0.718. The summed E-state index contributed by atoms with van der Waals surface area (Å²) in [6, 6.07) is 0. The molecule has 0 N–H and O–H groups in total. The minimum absolute atomic E-state index is 0.182. The van der Waals surface area contributed by atoms with Crippen molar-refractivity contribution in [1.29, 1.82) is 0 Å². The number of halogens is 2. The number of rotatable bonds is 3. The largest absolute Gasteiger partial charge is 0.364 e. The molecule has 0 aromatic heterocycles. The zero-order valence-electron chi connectivity index (χ0n) is 5.23. The van der Waals surface area contributed by atoms with E-state index in [4.69, 9.17) is 23.2 Å². The van der Waals surface area contributed by atoms with Crippen molar-refractivity contribution in [1.82, 2.24) is 0 Å². The molecule has 2 nitrogen and oxygen atoms in total. The summed E-state index contributed by atoms with van der Waals surface area (Å²) in [5, 5.41) is -0.739. The lowest BCUT2D eigenvalue weighted by Gasteiger charge is -2.09. The summed E-state index contributed by atoms with van der Waals surface area (Å²) in [6.45, 7) is 1.37. The van der Waals surface area contributed by atoms with Crippen LogP contribution in [0.4, 0.5) is 0 Å². The normalized spacial score (nSPS) is 16.9. The van der Waals surface area contributed by atoms with E-state index in [1.165, 1.54) is 14.0 Å². The van der Waals surface area contributed by atoms with E-state index >= 15 is 0 Å². The van der Waals surface area contributed by atoms with Gasteiger partial charge in [0, 0.05) is 7.11 Å². The Morgan fingerprint density at radius 3 is 2.11 bits per heavy atom. The Morgan fingerprint density at radius 1 is 1.56 bits per heavy atom. The number of hydrogen-bond donors (Lipinski definition) is 0. The fraction of sp³-hybridized carbons (Fsp3) is 0.800. The molecule has 0 radical (unpaired) electrons. The standard InChI is InChI=1S/C5H8Cl2O2/c1-3(8)4(6)5(7)9-2/h4-5H,1-2H3/t4-,5-/m1/s1. The monoisotopic (exact) mass is 170 g/mol. The van der Waals surface area contributed by atoms with Gasteiger partial charge in [-0.2, -0.15) is 0 Å². The van der Waals surface area contributed by atoms with Gasteiger partial charge in [0.1, 0.15) is 5.38 Å². The van der Waals surface area contributed by atoms with Crippen LogP contribution in [0.25, 0.3) is 0 Å². The summed E-state index contributed by atoms with van der Waals surface area (Å²) in [4.78, 5) is 10.4. The van der Waals surface area contributed by atoms with E-state index in [1.807, 2.05) is 0 Å². The fourth-order valence-electron chi connectivity index (χ4n) is 0.304. The minimum atomic E-state index is -0.739. The lowest BCUT2D eigenvalue weighted by atomic mass is 10.3. The van der Waals surface area contributed by atoms with Gasteiger partial charge < -0.3 is 4.74 Å². The number of ketones is 1. The molecule has 0 rings (SSSR count). The van der Waals surface area contributed by atoms with Crippen LogP contribution in [0.15, 0.2) is 0 Å². The number of hydrogen-bond acceptors (Lipinski definition) is 2. The maximum absolute atomic E-state index is 10.4. The van der Waals surface area contributed by atoms with E-state index in [1.54, 1.807) is 0 Å². The highest BCUT2D eigenvalue weighted by atomic mass is 35.5. The van der Waals surface area contributed by atoms with Crippen LogP contribution < -0.4 is 0 Å². The van der Waals surface area contributed by atoms with Crippen LogP contribution in [0.1, 0.15) is 6.92 Å². The molecule has 0 fully saturated rings. The van der Waals surface area contributed by atoms with E-state index in [0.29, 0.717) is 0 Å². The first-order chi connectivity index (χ1) is 4.09. The summed E-state index contributed by atoms with van der Waals surface area (Å²) in [5.74, 6) is -0.182. The van der Waals surface area contributed by atoms with Gasteiger partial charge >= 0.3 is 0 Å². The smallest absolute Gasteiger partial charge is 0.154 e. The first-order valence-electron chi connectivity index (χ1n) is 2.41. The van der Waals surface area contributed by atoms with Crippen LogP contribution in [0.3, 0.4) is 0 Å². The highest BCUT2D eigenvalue weighted by molar-refractivity contribution is 6.36. The lowest BCUT2D eigenvalue weighted by Crippen LogP contribution is -2.23. The Balaban J connectivity index is 3.72. The second-order valence-corrected chi connectivity index (χ2v) is 2.50. The van der Waals surface area contributed by atoms with Crippen LogP contribution >= 0.6 is 23.2 Å². The summed E-state index contributed by atoms with van der Waals surface area (Å²) in [7, 11) is 1.40. The van der Waals surface area contributed by atoms with Crippen molar-refractivity contribution in [2.45, 2.75) is 17.9 Å². The van der Waals surface area contributed by atoms with E-state index in [9.17, 15) is 4.79 Å². The van der Waals surface area contributed by atoms with Crippen LogP contribution in [-0.4, -0.2) is 23.8 Å². The Bertz CT molecular complexity index is 105. The summed E-state index contributed by atoms with van der Waals surface area (Å²) < 4.78 is 4.59. The molecule has 2 atom stereocenters. The van der Waals surface area contributed by atoms with Crippen molar-refractivity contribution in [3.05, 3.63) is 0 Å². The van der Waals surface area contributed by atoms with Gasteiger partial charge in [-0.15, -0.1) is 11.6 Å². The van der Waals surface area contributed by atoms with Crippen molar-refractivity contribution in [3.63, 3.8) is 0 Å². The quantitative estimate of drug-likeness (QED) is 0.599. The first kappa shape index (κ1) is 9.21. The molecule has 0 bridgehead atoms. The molecule has 0 saturated carbocycles. The number of alkyl halides is 2. The third-order valence-corrected chi connectivity index (χ3v) is 1.94. The van der Waals surface area contributed by atoms with Gasteiger partial charge in [0.05, 0.1) is 0 Å². The van der Waals surface area contributed by atoms with Crippen molar-refractivity contribution in [2.75, 3.05) is 7.11 Å². The van der Waals surface area contributed by atoms with Gasteiger partial charge in [0.2, 0.25) is 0 Å².